The molecule has 2 fully saturated rings. The Kier molecular flexibility index (Phi) is 11.0. The van der Waals surface area contributed by atoms with Gasteiger partial charge in [0.05, 0.1) is 6.10 Å². The van der Waals surface area contributed by atoms with Crippen molar-refractivity contribution in [1.29, 1.82) is 0 Å². The van der Waals surface area contributed by atoms with E-state index in [2.05, 4.69) is 24.5 Å². The summed E-state index contributed by atoms with van der Waals surface area (Å²) < 4.78 is 5.93. The van der Waals surface area contributed by atoms with E-state index in [-0.39, 0.29) is 18.3 Å². The van der Waals surface area contributed by atoms with Crippen LogP contribution >= 0.6 is 12.4 Å². The zero-order valence-corrected chi connectivity index (χ0v) is 16.3. The van der Waals surface area contributed by atoms with Crippen molar-refractivity contribution in [1.82, 2.24) is 10.6 Å². The standard InChI is InChI=1S/C19H36N2O2.ClH/c1-3-23-18(17-6-4-5-7-17)10-13-21-19(22)14-15(2)16-8-11-20-12-9-16;/h15-18,20H,3-14H2,1-2H3,(H,21,22);1H. The summed E-state index contributed by atoms with van der Waals surface area (Å²) in [6.45, 7) is 8.06. The highest BCUT2D eigenvalue weighted by Crippen LogP contribution is 2.30. The lowest BCUT2D eigenvalue weighted by molar-refractivity contribution is -0.122. The van der Waals surface area contributed by atoms with Crippen LogP contribution in [0.15, 0.2) is 0 Å². The van der Waals surface area contributed by atoms with Crippen molar-refractivity contribution in [2.24, 2.45) is 17.8 Å². The number of nitrogens with one attached hydrogen (secondary N) is 2. The molecule has 2 unspecified atom stereocenters. The van der Waals surface area contributed by atoms with Crippen LogP contribution in [0.25, 0.3) is 0 Å². The van der Waals surface area contributed by atoms with Gasteiger partial charge in [-0.05, 0) is 69.9 Å². The minimum atomic E-state index is 0. The number of carbonyl (C=O) groups excluding carboxylic acids is 1. The number of piperidine rings is 1. The first-order valence-corrected chi connectivity index (χ1v) is 9.79. The molecule has 142 valence electrons. The molecule has 5 heteroatoms. The zero-order chi connectivity index (χ0) is 16.5. The van der Waals surface area contributed by atoms with E-state index in [1.807, 2.05) is 0 Å². The van der Waals surface area contributed by atoms with E-state index in [0.717, 1.165) is 32.7 Å². The van der Waals surface area contributed by atoms with Gasteiger partial charge in [0, 0.05) is 19.6 Å². The lowest BCUT2D eigenvalue weighted by Gasteiger charge is -2.28. The molecule has 1 heterocycles. The SMILES string of the molecule is CCOC(CCNC(=O)CC(C)C1CCNCC1)C1CCCC1.Cl. The van der Waals surface area contributed by atoms with Crippen molar-refractivity contribution in [3.05, 3.63) is 0 Å². The van der Waals surface area contributed by atoms with Gasteiger partial charge in [0.2, 0.25) is 5.91 Å². The molecule has 2 aliphatic rings. The molecule has 1 saturated carbocycles. The van der Waals surface area contributed by atoms with Crippen LogP contribution in [0.3, 0.4) is 0 Å². The first kappa shape index (κ1) is 21.7. The third kappa shape index (κ3) is 7.28. The summed E-state index contributed by atoms with van der Waals surface area (Å²) in [6.07, 6.45) is 9.67. The zero-order valence-electron chi connectivity index (χ0n) is 15.5. The predicted octanol–water partition coefficient (Wildman–Crippen LogP) is 3.54. The van der Waals surface area contributed by atoms with Gasteiger partial charge in [-0.3, -0.25) is 4.79 Å². The quantitative estimate of drug-likeness (QED) is 0.661. The molecular weight excluding hydrogens is 324 g/mol. The highest BCUT2D eigenvalue weighted by Gasteiger charge is 2.26. The fourth-order valence-electron chi connectivity index (χ4n) is 4.30. The van der Waals surface area contributed by atoms with Gasteiger partial charge < -0.3 is 15.4 Å². The first-order valence-electron chi connectivity index (χ1n) is 9.79. The lowest BCUT2D eigenvalue weighted by Crippen LogP contribution is -2.35. The van der Waals surface area contributed by atoms with Crippen LogP contribution in [0.4, 0.5) is 0 Å². The highest BCUT2D eigenvalue weighted by molar-refractivity contribution is 5.85. The van der Waals surface area contributed by atoms with Crippen LogP contribution in [0.5, 0.6) is 0 Å². The van der Waals surface area contributed by atoms with Gasteiger partial charge in [-0.15, -0.1) is 12.4 Å². The van der Waals surface area contributed by atoms with E-state index < -0.39 is 0 Å². The Balaban J connectivity index is 0.00000288. The fraction of sp³-hybridized carbons (Fsp3) is 0.947. The predicted molar refractivity (Wildman–Crippen MR) is 102 cm³/mol. The summed E-state index contributed by atoms with van der Waals surface area (Å²) in [5.74, 6) is 2.13. The van der Waals surface area contributed by atoms with E-state index in [1.165, 1.54) is 38.5 Å². The van der Waals surface area contributed by atoms with Gasteiger partial charge in [-0.2, -0.15) is 0 Å². The molecule has 1 aliphatic carbocycles. The normalized spacial score (nSPS) is 21.9. The minimum absolute atomic E-state index is 0. The molecule has 0 bridgehead atoms. The lowest BCUT2D eigenvalue weighted by atomic mass is 9.84. The molecule has 4 nitrogen and oxygen atoms in total. The number of hydrogen-bond acceptors (Lipinski definition) is 3. The van der Waals surface area contributed by atoms with E-state index in [4.69, 9.17) is 4.74 Å². The second-order valence-corrected chi connectivity index (χ2v) is 7.45. The molecule has 1 aliphatic heterocycles. The van der Waals surface area contributed by atoms with Crippen LogP contribution in [-0.4, -0.2) is 38.3 Å². The molecule has 0 aromatic carbocycles. The number of rotatable bonds is 9. The second kappa shape index (κ2) is 12.1. The van der Waals surface area contributed by atoms with Crippen LogP contribution < -0.4 is 10.6 Å². The molecule has 0 aromatic rings. The topological polar surface area (TPSA) is 50.4 Å². The number of carbonyl (C=O) groups is 1. The molecule has 2 atom stereocenters. The van der Waals surface area contributed by atoms with Gasteiger partial charge >= 0.3 is 0 Å². The van der Waals surface area contributed by atoms with Crippen molar-refractivity contribution in [3.8, 4) is 0 Å². The fourth-order valence-corrected chi connectivity index (χ4v) is 4.30. The van der Waals surface area contributed by atoms with Gasteiger partial charge in [0.1, 0.15) is 0 Å². The summed E-state index contributed by atoms with van der Waals surface area (Å²) in [5, 5.41) is 6.52. The maximum atomic E-state index is 12.2. The molecule has 24 heavy (non-hydrogen) atoms. The van der Waals surface area contributed by atoms with Gasteiger partial charge in [0.25, 0.3) is 0 Å². The Labute approximate surface area is 154 Å². The molecule has 1 amide bonds. The van der Waals surface area contributed by atoms with Crippen LogP contribution in [0.2, 0.25) is 0 Å². The van der Waals surface area contributed by atoms with E-state index in [1.54, 1.807) is 0 Å². The third-order valence-corrected chi connectivity index (χ3v) is 5.75. The molecule has 1 saturated heterocycles. The Morgan fingerprint density at radius 3 is 2.46 bits per heavy atom. The average Bonchev–Trinajstić information content (AvgIpc) is 3.09. The van der Waals surface area contributed by atoms with Gasteiger partial charge in [-0.1, -0.05) is 19.8 Å². The van der Waals surface area contributed by atoms with Crippen molar-refractivity contribution in [2.75, 3.05) is 26.2 Å². The third-order valence-electron chi connectivity index (χ3n) is 5.75. The Bertz CT molecular complexity index is 342. The smallest absolute Gasteiger partial charge is 0.220 e. The van der Waals surface area contributed by atoms with E-state index >= 15 is 0 Å². The summed E-state index contributed by atoms with van der Waals surface area (Å²) in [6, 6.07) is 0. The molecule has 0 aromatic heterocycles. The molecular formula is C19H37ClN2O2. The average molecular weight is 361 g/mol. The van der Waals surface area contributed by atoms with Crippen LogP contribution in [0, 0.1) is 17.8 Å². The summed E-state index contributed by atoms with van der Waals surface area (Å²) >= 11 is 0. The number of hydrogen-bond donors (Lipinski definition) is 2. The van der Waals surface area contributed by atoms with Crippen molar-refractivity contribution in [2.45, 2.75) is 71.3 Å². The second-order valence-electron chi connectivity index (χ2n) is 7.45. The molecule has 2 rings (SSSR count). The monoisotopic (exact) mass is 360 g/mol. The molecule has 2 N–H and O–H groups in total. The number of amides is 1. The summed E-state index contributed by atoms with van der Waals surface area (Å²) in [7, 11) is 0. The maximum Gasteiger partial charge on any atom is 0.220 e. The van der Waals surface area contributed by atoms with E-state index in [9.17, 15) is 4.79 Å². The molecule has 0 spiro atoms. The highest BCUT2D eigenvalue weighted by atomic mass is 35.5. The summed E-state index contributed by atoms with van der Waals surface area (Å²) in [5.41, 5.74) is 0. The van der Waals surface area contributed by atoms with Gasteiger partial charge in [-0.25, -0.2) is 0 Å². The van der Waals surface area contributed by atoms with E-state index in [0.29, 0.717) is 30.3 Å². The van der Waals surface area contributed by atoms with Gasteiger partial charge in [0.15, 0.2) is 0 Å². The van der Waals surface area contributed by atoms with Crippen molar-refractivity contribution >= 4 is 18.3 Å². The van der Waals surface area contributed by atoms with Crippen molar-refractivity contribution in [3.63, 3.8) is 0 Å². The molecule has 0 radical (unpaired) electrons. The Morgan fingerprint density at radius 2 is 1.83 bits per heavy atom. The Hall–Kier alpha value is -0.320. The number of halogens is 1. The summed E-state index contributed by atoms with van der Waals surface area (Å²) in [4.78, 5) is 12.2. The first-order chi connectivity index (χ1) is 11.2. The minimum Gasteiger partial charge on any atom is -0.378 e. The van der Waals surface area contributed by atoms with Crippen LogP contribution in [-0.2, 0) is 9.53 Å². The Morgan fingerprint density at radius 1 is 1.17 bits per heavy atom. The maximum absolute atomic E-state index is 12.2. The largest absolute Gasteiger partial charge is 0.378 e. The van der Waals surface area contributed by atoms with Crippen LogP contribution in [0.1, 0.15) is 65.2 Å². The van der Waals surface area contributed by atoms with Crippen molar-refractivity contribution < 1.29 is 9.53 Å². The number of ether oxygens (including phenoxy) is 1.